The van der Waals surface area contributed by atoms with Crippen molar-refractivity contribution in [2.24, 2.45) is 0 Å². The fourth-order valence-corrected chi connectivity index (χ4v) is 3.36. The summed E-state index contributed by atoms with van der Waals surface area (Å²) in [5.41, 5.74) is 2.19. The zero-order valence-electron chi connectivity index (χ0n) is 21.4. The summed E-state index contributed by atoms with van der Waals surface area (Å²) in [7, 11) is 5.63. The van der Waals surface area contributed by atoms with Crippen LogP contribution in [0.4, 0.5) is 16.3 Å². The van der Waals surface area contributed by atoms with Crippen LogP contribution < -0.4 is 10.2 Å². The quantitative estimate of drug-likeness (QED) is 0.514. The molecular weight excluding hydrogens is 446 g/mol. The maximum atomic E-state index is 12.5. The summed E-state index contributed by atoms with van der Waals surface area (Å²) in [6.07, 6.45) is 4.81. The molecule has 1 aromatic carbocycles. The number of nitrogens with zero attached hydrogens (tertiary/aromatic N) is 6. The largest absolute Gasteiger partial charge is 0.444 e. The topological polar surface area (TPSA) is 105 Å². The minimum absolute atomic E-state index is 0.108. The van der Waals surface area contributed by atoms with Crippen LogP contribution in [0.3, 0.4) is 0 Å². The molecule has 0 radical (unpaired) electrons. The maximum Gasteiger partial charge on any atom is 0.413 e. The monoisotopic (exact) mass is 479 g/mol. The molecule has 0 saturated carbocycles. The molecule has 2 heterocycles. The molecule has 0 unspecified atom stereocenters. The molecule has 2 amide bonds. The SMILES string of the molecule is CCc1nn(-c2ccc(N(C)C(=O)C=CCN(C)C)cc2)c2ncnc(NC(=O)OC(C)(C)C)c12. The third kappa shape index (κ3) is 6.42. The molecular formula is C25H33N7O3. The lowest BCUT2D eigenvalue weighted by Crippen LogP contribution is -2.27. The Morgan fingerprint density at radius 2 is 1.80 bits per heavy atom. The van der Waals surface area contributed by atoms with Crippen molar-refractivity contribution in [3.05, 3.63) is 48.4 Å². The minimum atomic E-state index is -0.633. The summed E-state index contributed by atoms with van der Waals surface area (Å²) >= 11 is 0. The number of hydrogen-bond donors (Lipinski definition) is 1. The van der Waals surface area contributed by atoms with E-state index in [0.29, 0.717) is 29.8 Å². The van der Waals surface area contributed by atoms with E-state index < -0.39 is 11.7 Å². The molecule has 0 atom stereocenters. The van der Waals surface area contributed by atoms with Crippen LogP contribution in [0.2, 0.25) is 0 Å². The molecule has 1 N–H and O–H groups in total. The molecule has 0 aliphatic heterocycles. The van der Waals surface area contributed by atoms with Crippen LogP contribution in [0, 0.1) is 0 Å². The van der Waals surface area contributed by atoms with Crippen molar-refractivity contribution in [1.29, 1.82) is 0 Å². The Kier molecular flexibility index (Phi) is 7.85. The number of amides is 2. The number of ether oxygens (including phenoxy) is 1. The summed E-state index contributed by atoms with van der Waals surface area (Å²) in [6, 6.07) is 7.45. The molecule has 0 aliphatic rings. The standard InChI is InChI=1S/C25H33N7O3/c1-8-19-21-22(28-24(34)35-25(2,3)4)26-16-27-23(21)32(29-19)18-13-11-17(12-14-18)31(7)20(33)10-9-15-30(5)6/h9-14,16H,8,15H2,1-7H3,(H,26,27,28,34). The first kappa shape index (κ1) is 25.8. The Morgan fingerprint density at radius 1 is 1.11 bits per heavy atom. The first-order valence-corrected chi connectivity index (χ1v) is 11.4. The number of hydrogen-bond acceptors (Lipinski definition) is 7. The molecule has 186 valence electrons. The number of benzene rings is 1. The zero-order chi connectivity index (χ0) is 25.8. The second-order valence-electron chi connectivity index (χ2n) is 9.34. The molecule has 0 spiro atoms. The van der Waals surface area contributed by atoms with Gasteiger partial charge >= 0.3 is 6.09 Å². The molecule has 0 bridgehead atoms. The van der Waals surface area contributed by atoms with Crippen LogP contribution in [-0.4, -0.2) is 69.9 Å². The van der Waals surface area contributed by atoms with E-state index in [1.807, 2.05) is 56.3 Å². The number of aromatic nitrogens is 4. The van der Waals surface area contributed by atoms with E-state index in [9.17, 15) is 9.59 Å². The van der Waals surface area contributed by atoms with Gasteiger partial charge in [0.05, 0.1) is 16.8 Å². The molecule has 0 aliphatic carbocycles. The van der Waals surface area contributed by atoms with Gasteiger partial charge in [0.2, 0.25) is 5.91 Å². The lowest BCUT2D eigenvalue weighted by atomic mass is 10.2. The normalized spacial score (nSPS) is 11.9. The Hall–Kier alpha value is -3.79. The molecule has 35 heavy (non-hydrogen) atoms. The first-order chi connectivity index (χ1) is 16.5. The highest BCUT2D eigenvalue weighted by Gasteiger charge is 2.21. The van der Waals surface area contributed by atoms with Gasteiger partial charge in [-0.2, -0.15) is 5.10 Å². The molecule has 3 aromatic rings. The predicted octanol–water partition coefficient (Wildman–Crippen LogP) is 3.81. The Bertz CT molecular complexity index is 1220. The summed E-state index contributed by atoms with van der Waals surface area (Å²) in [4.78, 5) is 37.0. The smallest absolute Gasteiger partial charge is 0.413 e. The fraction of sp³-hybridized carbons (Fsp3) is 0.400. The molecule has 3 rings (SSSR count). The Morgan fingerprint density at radius 3 is 2.40 bits per heavy atom. The summed E-state index contributed by atoms with van der Waals surface area (Å²) in [5, 5.41) is 8.09. The third-order valence-electron chi connectivity index (χ3n) is 5.03. The van der Waals surface area contributed by atoms with E-state index in [4.69, 9.17) is 9.84 Å². The highest BCUT2D eigenvalue weighted by molar-refractivity contribution is 6.01. The first-order valence-electron chi connectivity index (χ1n) is 11.4. The van der Waals surface area contributed by atoms with Gasteiger partial charge in [0.25, 0.3) is 0 Å². The Labute approximate surface area is 205 Å². The van der Waals surface area contributed by atoms with Gasteiger partial charge in [0.15, 0.2) is 5.65 Å². The Balaban J connectivity index is 1.89. The van der Waals surface area contributed by atoms with Crippen molar-refractivity contribution in [1.82, 2.24) is 24.6 Å². The second kappa shape index (κ2) is 10.6. The number of rotatable bonds is 7. The van der Waals surface area contributed by atoms with Gasteiger partial charge in [-0.1, -0.05) is 13.0 Å². The van der Waals surface area contributed by atoms with Gasteiger partial charge in [-0.25, -0.2) is 19.4 Å². The van der Waals surface area contributed by atoms with Crippen LogP contribution in [0.15, 0.2) is 42.7 Å². The molecule has 10 nitrogen and oxygen atoms in total. The van der Waals surface area contributed by atoms with Crippen molar-refractivity contribution in [3.8, 4) is 5.69 Å². The van der Waals surface area contributed by atoms with E-state index >= 15 is 0 Å². The van der Waals surface area contributed by atoms with Crippen molar-refractivity contribution < 1.29 is 14.3 Å². The number of anilines is 2. The van der Waals surface area contributed by atoms with Gasteiger partial charge < -0.3 is 14.5 Å². The highest BCUT2D eigenvalue weighted by atomic mass is 16.6. The van der Waals surface area contributed by atoms with Crippen molar-refractivity contribution >= 4 is 34.5 Å². The van der Waals surface area contributed by atoms with E-state index in [1.54, 1.807) is 43.5 Å². The fourth-order valence-electron chi connectivity index (χ4n) is 3.36. The molecule has 10 heteroatoms. The average Bonchev–Trinajstić information content (AvgIpc) is 3.17. The molecule has 2 aromatic heterocycles. The van der Waals surface area contributed by atoms with Crippen LogP contribution >= 0.6 is 0 Å². The molecule has 0 fully saturated rings. The number of nitrogens with one attached hydrogen (secondary N) is 1. The van der Waals surface area contributed by atoms with Gasteiger partial charge in [0.1, 0.15) is 17.7 Å². The zero-order valence-corrected chi connectivity index (χ0v) is 21.4. The second-order valence-corrected chi connectivity index (χ2v) is 9.34. The summed E-state index contributed by atoms with van der Waals surface area (Å²) in [6.45, 7) is 8.06. The number of aryl methyl sites for hydroxylation is 1. The van der Waals surface area contributed by atoms with Crippen LogP contribution in [0.25, 0.3) is 16.7 Å². The number of carbonyl (C=O) groups excluding carboxylic acids is 2. The van der Waals surface area contributed by atoms with E-state index in [2.05, 4.69) is 15.3 Å². The van der Waals surface area contributed by atoms with E-state index in [-0.39, 0.29) is 5.91 Å². The number of likely N-dealkylation sites (N-methyl/N-ethyl adjacent to an activating group) is 2. The summed E-state index contributed by atoms with van der Waals surface area (Å²) < 4.78 is 7.08. The van der Waals surface area contributed by atoms with E-state index in [1.165, 1.54) is 6.33 Å². The van der Waals surface area contributed by atoms with E-state index in [0.717, 1.165) is 17.1 Å². The van der Waals surface area contributed by atoms with Crippen molar-refractivity contribution in [2.75, 3.05) is 37.9 Å². The number of carbonyl (C=O) groups is 2. The van der Waals surface area contributed by atoms with Crippen molar-refractivity contribution in [3.63, 3.8) is 0 Å². The summed E-state index contributed by atoms with van der Waals surface area (Å²) in [5.74, 6) is 0.238. The van der Waals surface area contributed by atoms with Gasteiger partial charge in [0, 0.05) is 25.4 Å². The van der Waals surface area contributed by atoms with Gasteiger partial charge in [-0.3, -0.25) is 10.1 Å². The lowest BCUT2D eigenvalue weighted by molar-refractivity contribution is -0.113. The van der Waals surface area contributed by atoms with Crippen molar-refractivity contribution in [2.45, 2.75) is 39.7 Å². The van der Waals surface area contributed by atoms with Gasteiger partial charge in [-0.15, -0.1) is 0 Å². The average molecular weight is 480 g/mol. The van der Waals surface area contributed by atoms with Gasteiger partial charge in [-0.05, 0) is 65.6 Å². The van der Waals surface area contributed by atoms with Crippen LogP contribution in [0.5, 0.6) is 0 Å². The minimum Gasteiger partial charge on any atom is -0.444 e. The maximum absolute atomic E-state index is 12.5. The third-order valence-corrected chi connectivity index (χ3v) is 5.03. The number of fused-ring (bicyclic) bond motifs is 1. The molecule has 0 saturated heterocycles. The predicted molar refractivity (Wildman–Crippen MR) is 137 cm³/mol. The lowest BCUT2D eigenvalue weighted by Gasteiger charge is -2.19. The highest BCUT2D eigenvalue weighted by Crippen LogP contribution is 2.27. The van der Waals surface area contributed by atoms with Crippen LogP contribution in [0.1, 0.15) is 33.4 Å². The van der Waals surface area contributed by atoms with Crippen LogP contribution in [-0.2, 0) is 16.0 Å².